The van der Waals surface area contributed by atoms with Crippen LogP contribution in [0.5, 0.6) is 5.75 Å². The standard InChI is InChI=1S/C23H20N2OS/c1-14-12-18-16(13-20(14)26-2)10-11-21-22(18)25-23(27-21)24-19-9-5-7-15-6-3-4-8-17(15)19/h3-9,12-13H,10-11H2,1-2H3,(H,24,25). The van der Waals surface area contributed by atoms with Gasteiger partial charge in [0.2, 0.25) is 0 Å². The van der Waals surface area contributed by atoms with Crippen molar-refractivity contribution in [1.29, 1.82) is 0 Å². The minimum absolute atomic E-state index is 0.956. The van der Waals surface area contributed by atoms with Gasteiger partial charge in [0.05, 0.1) is 12.8 Å². The summed E-state index contributed by atoms with van der Waals surface area (Å²) < 4.78 is 5.49. The molecule has 0 saturated carbocycles. The van der Waals surface area contributed by atoms with E-state index in [2.05, 4.69) is 66.8 Å². The molecule has 27 heavy (non-hydrogen) atoms. The molecular formula is C23H20N2OS. The summed E-state index contributed by atoms with van der Waals surface area (Å²) in [7, 11) is 1.73. The number of methoxy groups -OCH3 is 1. The molecule has 134 valence electrons. The first-order valence-electron chi connectivity index (χ1n) is 9.15. The first kappa shape index (κ1) is 16.3. The molecule has 0 bridgehead atoms. The van der Waals surface area contributed by atoms with Crippen molar-refractivity contribution in [3.05, 3.63) is 70.6 Å². The molecule has 0 spiro atoms. The third-order valence-electron chi connectivity index (χ3n) is 5.23. The van der Waals surface area contributed by atoms with Crippen LogP contribution in [0.25, 0.3) is 22.0 Å². The molecule has 0 radical (unpaired) electrons. The van der Waals surface area contributed by atoms with E-state index in [1.165, 1.54) is 26.8 Å². The normalized spacial score (nSPS) is 12.5. The van der Waals surface area contributed by atoms with Crippen LogP contribution in [0.15, 0.2) is 54.6 Å². The maximum absolute atomic E-state index is 5.49. The number of aryl methyl sites for hydroxylation is 3. The average molecular weight is 372 g/mol. The predicted octanol–water partition coefficient (Wildman–Crippen LogP) is 6.12. The minimum atomic E-state index is 0.956. The quantitative estimate of drug-likeness (QED) is 0.470. The van der Waals surface area contributed by atoms with Gasteiger partial charge in [-0.25, -0.2) is 4.98 Å². The summed E-state index contributed by atoms with van der Waals surface area (Å²) in [5, 5.41) is 6.96. The molecule has 1 aliphatic rings. The van der Waals surface area contributed by atoms with Crippen molar-refractivity contribution in [2.75, 3.05) is 12.4 Å². The molecule has 0 saturated heterocycles. The summed E-state index contributed by atoms with van der Waals surface area (Å²) in [5.41, 5.74) is 5.95. The first-order valence-corrected chi connectivity index (χ1v) is 9.97. The zero-order valence-corrected chi connectivity index (χ0v) is 16.2. The molecule has 1 N–H and O–H groups in total. The lowest BCUT2D eigenvalue weighted by atomic mass is 9.91. The Morgan fingerprint density at radius 3 is 2.78 bits per heavy atom. The average Bonchev–Trinajstić information content (AvgIpc) is 3.11. The second kappa shape index (κ2) is 6.39. The molecule has 0 atom stereocenters. The number of benzene rings is 3. The Hall–Kier alpha value is -2.85. The number of anilines is 2. The molecule has 4 heteroatoms. The van der Waals surface area contributed by atoms with E-state index >= 15 is 0 Å². The zero-order valence-electron chi connectivity index (χ0n) is 15.4. The molecular weight excluding hydrogens is 352 g/mol. The SMILES string of the molecule is COc1cc2c(cc1C)-c1nc(Nc3cccc4ccccc34)sc1CC2. The topological polar surface area (TPSA) is 34.1 Å². The lowest BCUT2D eigenvalue weighted by molar-refractivity contribution is 0.411. The minimum Gasteiger partial charge on any atom is -0.496 e. The van der Waals surface area contributed by atoms with Gasteiger partial charge in [0.1, 0.15) is 5.75 Å². The Labute approximate surface area is 162 Å². The molecule has 0 fully saturated rings. The highest BCUT2D eigenvalue weighted by Gasteiger charge is 2.22. The number of nitrogens with zero attached hydrogens (tertiary/aromatic N) is 1. The summed E-state index contributed by atoms with van der Waals surface area (Å²) >= 11 is 1.76. The summed E-state index contributed by atoms with van der Waals surface area (Å²) in [5.74, 6) is 0.960. The number of hydrogen-bond acceptors (Lipinski definition) is 4. The third kappa shape index (κ3) is 2.77. The van der Waals surface area contributed by atoms with E-state index in [0.29, 0.717) is 0 Å². The summed E-state index contributed by atoms with van der Waals surface area (Å²) in [6.45, 7) is 2.09. The molecule has 1 heterocycles. The Balaban J connectivity index is 1.55. The van der Waals surface area contributed by atoms with Crippen LogP contribution in [-0.4, -0.2) is 12.1 Å². The number of aromatic nitrogens is 1. The summed E-state index contributed by atoms with van der Waals surface area (Å²) in [4.78, 5) is 6.31. The van der Waals surface area contributed by atoms with Crippen molar-refractivity contribution in [1.82, 2.24) is 4.98 Å². The van der Waals surface area contributed by atoms with Gasteiger partial charge >= 0.3 is 0 Å². The fourth-order valence-electron chi connectivity index (χ4n) is 3.86. The second-order valence-corrected chi connectivity index (χ2v) is 8.01. The van der Waals surface area contributed by atoms with Crippen molar-refractivity contribution >= 4 is 32.9 Å². The van der Waals surface area contributed by atoms with Crippen molar-refractivity contribution in [2.45, 2.75) is 19.8 Å². The highest BCUT2D eigenvalue weighted by Crippen LogP contribution is 2.41. The second-order valence-electron chi connectivity index (χ2n) is 6.92. The van der Waals surface area contributed by atoms with Gasteiger partial charge in [0, 0.05) is 21.5 Å². The molecule has 1 aliphatic carbocycles. The third-order valence-corrected chi connectivity index (χ3v) is 6.26. The van der Waals surface area contributed by atoms with Crippen LogP contribution in [0, 0.1) is 6.92 Å². The fourth-order valence-corrected chi connectivity index (χ4v) is 4.85. The molecule has 0 unspecified atom stereocenters. The fraction of sp³-hybridized carbons (Fsp3) is 0.174. The van der Waals surface area contributed by atoms with Crippen molar-refractivity contribution in [3.63, 3.8) is 0 Å². The molecule has 3 nitrogen and oxygen atoms in total. The maximum atomic E-state index is 5.49. The zero-order chi connectivity index (χ0) is 18.4. The molecule has 3 aromatic carbocycles. The predicted molar refractivity (Wildman–Crippen MR) is 113 cm³/mol. The lowest BCUT2D eigenvalue weighted by Gasteiger charge is -2.17. The Morgan fingerprint density at radius 2 is 1.89 bits per heavy atom. The van der Waals surface area contributed by atoms with Crippen LogP contribution in [0.1, 0.15) is 16.0 Å². The van der Waals surface area contributed by atoms with Gasteiger partial charge in [-0.2, -0.15) is 0 Å². The summed E-state index contributed by atoms with van der Waals surface area (Å²) in [6.07, 6.45) is 2.07. The Kier molecular flexibility index (Phi) is 3.87. The number of rotatable bonds is 3. The van der Waals surface area contributed by atoms with Crippen molar-refractivity contribution in [3.8, 4) is 17.0 Å². The van der Waals surface area contributed by atoms with E-state index in [1.807, 2.05) is 0 Å². The maximum Gasteiger partial charge on any atom is 0.187 e. The van der Waals surface area contributed by atoms with Crippen LogP contribution < -0.4 is 10.1 Å². The Bertz CT molecular complexity index is 1160. The van der Waals surface area contributed by atoms with E-state index < -0.39 is 0 Å². The van der Waals surface area contributed by atoms with Crippen LogP contribution in [0.4, 0.5) is 10.8 Å². The van der Waals surface area contributed by atoms with Gasteiger partial charge in [-0.15, -0.1) is 11.3 Å². The smallest absolute Gasteiger partial charge is 0.187 e. The van der Waals surface area contributed by atoms with Crippen LogP contribution in [0.3, 0.4) is 0 Å². The van der Waals surface area contributed by atoms with Gasteiger partial charge < -0.3 is 10.1 Å². The first-order chi connectivity index (χ1) is 13.2. The van der Waals surface area contributed by atoms with E-state index in [4.69, 9.17) is 9.72 Å². The number of thiazole rings is 1. The van der Waals surface area contributed by atoms with Crippen molar-refractivity contribution < 1.29 is 4.74 Å². The number of nitrogens with one attached hydrogen (secondary N) is 1. The molecule has 4 aromatic rings. The van der Waals surface area contributed by atoms with E-state index in [9.17, 15) is 0 Å². The van der Waals surface area contributed by atoms with E-state index in [-0.39, 0.29) is 0 Å². The lowest BCUT2D eigenvalue weighted by Crippen LogP contribution is -2.03. The molecule has 5 rings (SSSR count). The number of fused-ring (bicyclic) bond motifs is 4. The Morgan fingerprint density at radius 1 is 1.04 bits per heavy atom. The highest BCUT2D eigenvalue weighted by molar-refractivity contribution is 7.16. The van der Waals surface area contributed by atoms with Crippen LogP contribution >= 0.6 is 11.3 Å². The van der Waals surface area contributed by atoms with Crippen LogP contribution in [-0.2, 0) is 12.8 Å². The monoisotopic (exact) mass is 372 g/mol. The van der Waals surface area contributed by atoms with Gasteiger partial charge in [-0.05, 0) is 54.5 Å². The van der Waals surface area contributed by atoms with Gasteiger partial charge in [0.15, 0.2) is 5.13 Å². The van der Waals surface area contributed by atoms with Gasteiger partial charge in [0.25, 0.3) is 0 Å². The van der Waals surface area contributed by atoms with Crippen molar-refractivity contribution in [2.24, 2.45) is 0 Å². The molecule has 1 aromatic heterocycles. The number of ether oxygens (including phenoxy) is 1. The largest absolute Gasteiger partial charge is 0.496 e. The molecule has 0 amide bonds. The van der Waals surface area contributed by atoms with Crippen LogP contribution in [0.2, 0.25) is 0 Å². The highest BCUT2D eigenvalue weighted by atomic mass is 32.1. The molecule has 0 aliphatic heterocycles. The van der Waals surface area contributed by atoms with E-state index in [1.54, 1.807) is 18.4 Å². The van der Waals surface area contributed by atoms with Gasteiger partial charge in [-0.1, -0.05) is 36.4 Å². The summed E-state index contributed by atoms with van der Waals surface area (Å²) in [6, 6.07) is 19.2. The van der Waals surface area contributed by atoms with Gasteiger partial charge in [-0.3, -0.25) is 0 Å². The van der Waals surface area contributed by atoms with E-state index in [0.717, 1.165) is 40.7 Å². The number of hydrogen-bond donors (Lipinski definition) is 1.